The molecule has 10 heterocycles. The quantitative estimate of drug-likeness (QED) is 0.131. The van der Waals surface area contributed by atoms with Crippen molar-refractivity contribution in [3.63, 3.8) is 0 Å². The maximum absolute atomic E-state index is 6.36. The maximum atomic E-state index is 6.36. The molecule has 4 aliphatic rings. The van der Waals surface area contributed by atoms with E-state index in [4.69, 9.17) is 23.9 Å². The Kier molecular flexibility index (Phi) is 16.8. The Bertz CT molecular complexity index is 2950. The van der Waals surface area contributed by atoms with Gasteiger partial charge in [0, 0.05) is 147 Å². The number of halogens is 1. The van der Waals surface area contributed by atoms with Gasteiger partial charge in [0.05, 0.1) is 66.4 Å². The zero-order chi connectivity index (χ0) is 45.5. The summed E-state index contributed by atoms with van der Waals surface area (Å²) in [5, 5.41) is 3.30. The summed E-state index contributed by atoms with van der Waals surface area (Å²) in [7, 11) is 3.31. The maximum Gasteiger partial charge on any atom is 0.238 e. The van der Waals surface area contributed by atoms with Crippen molar-refractivity contribution < 1.29 is 56.1 Å². The van der Waals surface area contributed by atoms with E-state index in [0.29, 0.717) is 48.6 Å². The van der Waals surface area contributed by atoms with Gasteiger partial charge >= 0.3 is 0 Å². The average molecular weight is 1060 g/mol. The van der Waals surface area contributed by atoms with E-state index in [-0.39, 0.29) is 37.1 Å². The van der Waals surface area contributed by atoms with E-state index in [2.05, 4.69) is 79.2 Å². The van der Waals surface area contributed by atoms with E-state index >= 15 is 0 Å². The van der Waals surface area contributed by atoms with Crippen LogP contribution in [0.5, 0.6) is 23.3 Å². The molecule has 2 saturated carbocycles. The Hall–Kier alpha value is -5.67. The molecule has 2 radical (unpaired) electrons. The summed E-state index contributed by atoms with van der Waals surface area (Å²) in [4.78, 5) is 38.4. The van der Waals surface area contributed by atoms with Gasteiger partial charge < -0.3 is 29.2 Å². The van der Waals surface area contributed by atoms with Crippen LogP contribution in [0.1, 0.15) is 58.6 Å². The Balaban J connectivity index is 0.000000156. The molecule has 17 heteroatoms. The van der Waals surface area contributed by atoms with E-state index < -0.39 is 0 Å². The van der Waals surface area contributed by atoms with Crippen LogP contribution in [0.15, 0.2) is 127 Å². The number of rotatable bonds is 11. The number of methoxy groups -OCH3 is 2. The van der Waals surface area contributed by atoms with Gasteiger partial charge in [-0.1, -0.05) is 12.1 Å². The molecule has 8 aromatic heterocycles. The van der Waals surface area contributed by atoms with Crippen LogP contribution < -0.4 is 29.2 Å². The summed E-state index contributed by atoms with van der Waals surface area (Å²) < 4.78 is 23.5. The van der Waals surface area contributed by atoms with Crippen molar-refractivity contribution in [3.8, 4) is 23.3 Å². The first-order valence-electron chi connectivity index (χ1n) is 22.7. The molecule has 14 nitrogen and oxygen atoms in total. The minimum atomic E-state index is 0. The molecule has 12 rings (SSSR count). The van der Waals surface area contributed by atoms with Crippen molar-refractivity contribution in [1.82, 2.24) is 45.2 Å². The minimum absolute atomic E-state index is 0. The fraction of sp³-hybridized carbons (Fsp3) is 0.308. The van der Waals surface area contributed by atoms with Crippen molar-refractivity contribution >= 4 is 43.7 Å². The molecular formula is C52H51BrN10O4V2. The van der Waals surface area contributed by atoms with Crippen LogP contribution in [0.4, 0.5) is 5.69 Å². The summed E-state index contributed by atoms with van der Waals surface area (Å²) in [5.74, 6) is 4.65. The summed E-state index contributed by atoms with van der Waals surface area (Å²) in [5.41, 5.74) is 11.6. The normalized spacial score (nSPS) is 18.3. The van der Waals surface area contributed by atoms with Crippen molar-refractivity contribution in [1.29, 1.82) is 0 Å². The molecule has 1 N–H and O–H groups in total. The minimum Gasteiger partial charge on any atom is -0.495 e. The number of nitrogens with zero attached hydrogens (tertiary/aromatic N) is 9. The monoisotopic (exact) mass is 1060 g/mol. The van der Waals surface area contributed by atoms with Crippen LogP contribution in [0, 0.1) is 11.8 Å². The molecule has 0 bridgehead atoms. The SMILES string of the molecule is COc1ccc(C2C[C@@H]2COc2nc3cccnc3cc2Br)nc1.COc1ccc(C2C[C@@H]2COc2nc3cccnc3cc2N2CCc3ncccc3C2)nc1.[V].[V].c1cnc2c(c1)CNCC2. The molecule has 0 spiro atoms. The molecule has 4 atom stereocenters. The zero-order valence-corrected chi connectivity index (χ0v) is 42.7. The summed E-state index contributed by atoms with van der Waals surface area (Å²) >= 11 is 3.51. The molecule has 69 heavy (non-hydrogen) atoms. The smallest absolute Gasteiger partial charge is 0.238 e. The molecule has 8 aromatic rings. The van der Waals surface area contributed by atoms with Gasteiger partial charge in [-0.05, 0) is 113 Å². The number of pyridine rings is 8. The van der Waals surface area contributed by atoms with Gasteiger partial charge in [-0.25, -0.2) is 9.97 Å². The van der Waals surface area contributed by atoms with Crippen molar-refractivity contribution in [2.75, 3.05) is 45.4 Å². The Labute approximate surface area is 433 Å². The first-order valence-corrected chi connectivity index (χ1v) is 23.5. The molecule has 2 aliphatic carbocycles. The van der Waals surface area contributed by atoms with E-state index in [9.17, 15) is 0 Å². The van der Waals surface area contributed by atoms with E-state index in [1.807, 2.05) is 79.1 Å². The van der Waals surface area contributed by atoms with E-state index in [0.717, 1.165) is 107 Å². The number of aromatic nitrogens is 8. The average Bonchev–Trinajstić information content (AvgIpc) is 4.34. The largest absolute Gasteiger partial charge is 0.495 e. The molecule has 350 valence electrons. The van der Waals surface area contributed by atoms with Gasteiger partial charge in [0.1, 0.15) is 17.2 Å². The summed E-state index contributed by atoms with van der Waals surface area (Å²) in [6.07, 6.45) is 15.0. The Morgan fingerprint density at radius 1 is 0.609 bits per heavy atom. The van der Waals surface area contributed by atoms with Gasteiger partial charge in [0.15, 0.2) is 0 Å². The number of hydrogen-bond acceptors (Lipinski definition) is 14. The number of nitrogens with one attached hydrogen (secondary N) is 1. The second kappa shape index (κ2) is 23.3. The van der Waals surface area contributed by atoms with Crippen LogP contribution in [0.25, 0.3) is 22.1 Å². The molecular weight excluding hydrogens is 1010 g/mol. The van der Waals surface area contributed by atoms with E-state index in [1.54, 1.807) is 39.0 Å². The topological polar surface area (TPSA) is 155 Å². The molecule has 2 unspecified atom stereocenters. The van der Waals surface area contributed by atoms with E-state index in [1.165, 1.54) is 22.5 Å². The predicted octanol–water partition coefficient (Wildman–Crippen LogP) is 8.87. The van der Waals surface area contributed by atoms with Crippen LogP contribution >= 0.6 is 15.9 Å². The molecule has 0 saturated heterocycles. The van der Waals surface area contributed by atoms with Crippen LogP contribution in [0.2, 0.25) is 0 Å². The van der Waals surface area contributed by atoms with Gasteiger partial charge in [-0.15, -0.1) is 0 Å². The van der Waals surface area contributed by atoms with Crippen LogP contribution in [0.3, 0.4) is 0 Å². The first kappa shape index (κ1) is 49.7. The summed E-state index contributed by atoms with van der Waals surface area (Å²) in [6.45, 7) is 4.99. The second-order valence-electron chi connectivity index (χ2n) is 17.1. The fourth-order valence-electron chi connectivity index (χ4n) is 8.65. The third-order valence-electron chi connectivity index (χ3n) is 12.6. The molecule has 2 fully saturated rings. The Morgan fingerprint density at radius 2 is 1.16 bits per heavy atom. The van der Waals surface area contributed by atoms with Crippen LogP contribution in [-0.4, -0.2) is 80.4 Å². The van der Waals surface area contributed by atoms with Crippen molar-refractivity contribution in [3.05, 3.63) is 160 Å². The van der Waals surface area contributed by atoms with Gasteiger partial charge in [-0.2, -0.15) is 0 Å². The number of anilines is 1. The third-order valence-corrected chi connectivity index (χ3v) is 13.2. The second-order valence-corrected chi connectivity index (χ2v) is 17.9. The van der Waals surface area contributed by atoms with Gasteiger partial charge in [0.25, 0.3) is 0 Å². The predicted molar refractivity (Wildman–Crippen MR) is 260 cm³/mol. The van der Waals surface area contributed by atoms with Crippen LogP contribution in [-0.2, 0) is 63.0 Å². The number of fused-ring (bicyclic) bond motifs is 4. The van der Waals surface area contributed by atoms with Gasteiger partial charge in [0.2, 0.25) is 11.8 Å². The number of ether oxygens (including phenoxy) is 4. The standard InChI is InChI=1S/C26H25N5O2.C18H16BrN3O2.C8H10N2.2V/c1-32-19-6-7-22(29-14-19)20-12-18(20)16-33-26-25(13-24-23(30-26)5-3-10-28-24)31-11-8-21-17(15-31)4-2-9-27-21;1-23-12-4-5-15(21-9-12)13-7-11(13)10-24-18-14(19)8-17-16(22-18)3-2-6-20-17;1-2-7-6-9-5-3-8(7)10-4-1;;/h2-7,9-10,13-14,18,20H,8,11-12,15-16H2,1H3;2-6,8-9,11,13H,7,10H2,1H3;1-2,4,9H,3,5-6H2;;/t18-,20?;11-,13?;;;/m11.../s1. The molecule has 0 amide bonds. The Morgan fingerprint density at radius 3 is 1.75 bits per heavy atom. The fourth-order valence-corrected chi connectivity index (χ4v) is 9.07. The molecule has 0 aromatic carbocycles. The van der Waals surface area contributed by atoms with Crippen molar-refractivity contribution in [2.45, 2.75) is 50.6 Å². The zero-order valence-electron chi connectivity index (χ0n) is 38.4. The number of hydrogen-bond donors (Lipinski definition) is 1. The summed E-state index contributed by atoms with van der Waals surface area (Å²) in [6, 6.07) is 28.0. The first-order chi connectivity index (χ1) is 33.0. The third kappa shape index (κ3) is 12.2. The van der Waals surface area contributed by atoms with Gasteiger partial charge in [-0.3, -0.25) is 29.9 Å². The van der Waals surface area contributed by atoms with Crippen molar-refractivity contribution in [2.24, 2.45) is 11.8 Å². The molecule has 2 aliphatic heterocycles.